The third kappa shape index (κ3) is 6.62. The maximum Gasteiger partial charge on any atom is 0.331 e. The van der Waals surface area contributed by atoms with Crippen LogP contribution in [0.3, 0.4) is 0 Å². The van der Waals surface area contributed by atoms with Gasteiger partial charge >= 0.3 is 5.97 Å². The zero-order valence-corrected chi connectivity index (χ0v) is 16.8. The van der Waals surface area contributed by atoms with Crippen LogP contribution in [0.2, 0.25) is 10.0 Å². The molecule has 2 aromatic rings. The van der Waals surface area contributed by atoms with Crippen LogP contribution in [-0.2, 0) is 14.3 Å². The van der Waals surface area contributed by atoms with Gasteiger partial charge in [0.15, 0.2) is 6.61 Å². The van der Waals surface area contributed by atoms with Gasteiger partial charge in [0.2, 0.25) is 0 Å². The highest BCUT2D eigenvalue weighted by atomic mass is 35.5. The van der Waals surface area contributed by atoms with Crippen LogP contribution in [0.5, 0.6) is 0 Å². The fraction of sp³-hybridized carbons (Fsp3) is 0.190. The summed E-state index contributed by atoms with van der Waals surface area (Å²) in [6.07, 6.45) is 4.63. The Balaban J connectivity index is 1.48. The van der Waals surface area contributed by atoms with Crippen LogP contribution in [0.25, 0.3) is 6.08 Å². The first-order valence-electron chi connectivity index (χ1n) is 8.91. The van der Waals surface area contributed by atoms with E-state index < -0.39 is 18.5 Å². The minimum Gasteiger partial charge on any atom is -0.452 e. The average molecular weight is 433 g/mol. The van der Waals surface area contributed by atoms with Crippen LogP contribution >= 0.6 is 23.2 Å². The second kappa shape index (κ2) is 9.58. The Bertz CT molecular complexity index is 971. The molecule has 2 aromatic carbocycles. The number of nitrogens with one attached hydrogen (secondary N) is 2. The molecule has 0 aromatic heterocycles. The normalized spacial score (nSPS) is 13.2. The first-order chi connectivity index (χ1) is 13.9. The molecule has 150 valence electrons. The van der Waals surface area contributed by atoms with Crippen LogP contribution in [0.1, 0.15) is 28.8 Å². The molecule has 8 heteroatoms. The van der Waals surface area contributed by atoms with E-state index in [-0.39, 0.29) is 11.9 Å². The lowest BCUT2D eigenvalue weighted by Gasteiger charge is -2.08. The molecule has 0 heterocycles. The lowest BCUT2D eigenvalue weighted by Crippen LogP contribution is -2.25. The van der Waals surface area contributed by atoms with Crippen LogP contribution in [0, 0.1) is 0 Å². The van der Waals surface area contributed by atoms with Crippen molar-refractivity contribution >= 4 is 52.7 Å². The highest BCUT2D eigenvalue weighted by Crippen LogP contribution is 2.22. The zero-order valence-electron chi connectivity index (χ0n) is 15.3. The first-order valence-corrected chi connectivity index (χ1v) is 9.67. The summed E-state index contributed by atoms with van der Waals surface area (Å²) >= 11 is 11.8. The van der Waals surface area contributed by atoms with Gasteiger partial charge in [-0.2, -0.15) is 0 Å². The summed E-state index contributed by atoms with van der Waals surface area (Å²) in [5, 5.41) is 6.35. The molecule has 0 spiro atoms. The van der Waals surface area contributed by atoms with Gasteiger partial charge < -0.3 is 15.4 Å². The van der Waals surface area contributed by atoms with E-state index in [1.807, 2.05) is 0 Å². The Labute approximate surface area is 177 Å². The fourth-order valence-corrected chi connectivity index (χ4v) is 2.88. The molecule has 1 fully saturated rings. The number of hydrogen-bond donors (Lipinski definition) is 2. The summed E-state index contributed by atoms with van der Waals surface area (Å²) in [7, 11) is 0. The van der Waals surface area contributed by atoms with Crippen LogP contribution in [-0.4, -0.2) is 30.4 Å². The van der Waals surface area contributed by atoms with Crippen molar-refractivity contribution in [3.05, 3.63) is 69.7 Å². The van der Waals surface area contributed by atoms with E-state index in [0.29, 0.717) is 26.9 Å². The second-order valence-electron chi connectivity index (χ2n) is 6.48. The van der Waals surface area contributed by atoms with Crippen molar-refractivity contribution in [3.8, 4) is 0 Å². The Kier molecular flexibility index (Phi) is 6.90. The number of rotatable bonds is 7. The number of benzene rings is 2. The van der Waals surface area contributed by atoms with E-state index in [1.165, 1.54) is 12.2 Å². The van der Waals surface area contributed by atoms with Gasteiger partial charge in [-0.05, 0) is 54.8 Å². The lowest BCUT2D eigenvalue weighted by atomic mass is 10.2. The van der Waals surface area contributed by atoms with Gasteiger partial charge in [-0.3, -0.25) is 9.59 Å². The molecule has 2 amide bonds. The molecular weight excluding hydrogens is 415 g/mol. The molecule has 29 heavy (non-hydrogen) atoms. The van der Waals surface area contributed by atoms with E-state index in [9.17, 15) is 14.4 Å². The van der Waals surface area contributed by atoms with Gasteiger partial charge in [0, 0.05) is 33.4 Å². The van der Waals surface area contributed by atoms with E-state index in [1.54, 1.807) is 42.5 Å². The second-order valence-corrected chi connectivity index (χ2v) is 7.33. The summed E-state index contributed by atoms with van der Waals surface area (Å²) < 4.78 is 4.91. The number of carbonyl (C=O) groups is 3. The zero-order chi connectivity index (χ0) is 20.8. The van der Waals surface area contributed by atoms with E-state index in [4.69, 9.17) is 27.9 Å². The Morgan fingerprint density at radius 3 is 2.62 bits per heavy atom. The van der Waals surface area contributed by atoms with Crippen molar-refractivity contribution in [1.29, 1.82) is 0 Å². The summed E-state index contributed by atoms with van der Waals surface area (Å²) in [5.41, 5.74) is 1.49. The van der Waals surface area contributed by atoms with E-state index in [2.05, 4.69) is 10.6 Å². The standard InChI is InChI=1S/C21H18Cl2N2O4/c22-15-6-4-13(18(23)11-15)5-9-20(27)29-12-19(26)24-17-3-1-2-14(10-17)21(28)25-16-7-8-16/h1-6,9-11,16H,7-8,12H2,(H,24,26)(H,25,28)/b9-5+. The average Bonchev–Trinajstić information content (AvgIpc) is 3.50. The van der Waals surface area contributed by atoms with Crippen LogP contribution in [0.4, 0.5) is 5.69 Å². The molecule has 1 aliphatic carbocycles. The Morgan fingerprint density at radius 1 is 1.10 bits per heavy atom. The number of ether oxygens (including phenoxy) is 1. The number of esters is 1. The van der Waals surface area contributed by atoms with Gasteiger partial charge in [0.05, 0.1) is 0 Å². The van der Waals surface area contributed by atoms with Crippen LogP contribution in [0.15, 0.2) is 48.5 Å². The maximum absolute atomic E-state index is 12.1. The Hall–Kier alpha value is -2.83. The molecule has 3 rings (SSSR count). The lowest BCUT2D eigenvalue weighted by molar-refractivity contribution is -0.142. The quantitative estimate of drug-likeness (QED) is 0.509. The van der Waals surface area contributed by atoms with Crippen molar-refractivity contribution in [1.82, 2.24) is 5.32 Å². The number of anilines is 1. The van der Waals surface area contributed by atoms with Gasteiger partial charge in [-0.25, -0.2) is 4.79 Å². The molecule has 0 bridgehead atoms. The van der Waals surface area contributed by atoms with Gasteiger partial charge in [-0.1, -0.05) is 35.3 Å². The van der Waals surface area contributed by atoms with Crippen molar-refractivity contribution in [2.24, 2.45) is 0 Å². The molecule has 0 aliphatic heterocycles. The summed E-state index contributed by atoms with van der Waals surface area (Å²) in [6.45, 7) is -0.462. The molecule has 0 atom stereocenters. The van der Waals surface area contributed by atoms with Crippen molar-refractivity contribution in [3.63, 3.8) is 0 Å². The topological polar surface area (TPSA) is 84.5 Å². The van der Waals surface area contributed by atoms with Gasteiger partial charge in [0.25, 0.3) is 11.8 Å². The first kappa shape index (κ1) is 20.9. The van der Waals surface area contributed by atoms with Crippen molar-refractivity contribution in [2.45, 2.75) is 18.9 Å². The molecule has 1 aliphatic rings. The monoisotopic (exact) mass is 432 g/mol. The minimum atomic E-state index is -0.691. The molecule has 1 saturated carbocycles. The highest BCUT2D eigenvalue weighted by Gasteiger charge is 2.23. The third-order valence-corrected chi connectivity index (χ3v) is 4.59. The molecule has 2 N–H and O–H groups in total. The molecule has 0 unspecified atom stereocenters. The number of halogens is 2. The SMILES string of the molecule is O=C(COC(=O)/C=C/c1ccc(Cl)cc1Cl)Nc1cccc(C(=O)NC2CC2)c1. The largest absolute Gasteiger partial charge is 0.452 e. The summed E-state index contributed by atoms with van der Waals surface area (Å²) in [5.74, 6) is -1.39. The Morgan fingerprint density at radius 2 is 1.90 bits per heavy atom. The predicted molar refractivity (Wildman–Crippen MR) is 112 cm³/mol. The molecule has 0 radical (unpaired) electrons. The molecular formula is C21H18Cl2N2O4. The number of hydrogen-bond acceptors (Lipinski definition) is 4. The van der Waals surface area contributed by atoms with Gasteiger partial charge in [-0.15, -0.1) is 0 Å². The fourth-order valence-electron chi connectivity index (χ4n) is 2.41. The third-order valence-electron chi connectivity index (χ3n) is 4.03. The smallest absolute Gasteiger partial charge is 0.331 e. The number of amides is 2. The minimum absolute atomic E-state index is 0.180. The van der Waals surface area contributed by atoms with Gasteiger partial charge in [0.1, 0.15) is 0 Å². The summed E-state index contributed by atoms with van der Waals surface area (Å²) in [4.78, 5) is 35.9. The van der Waals surface area contributed by atoms with Crippen molar-refractivity contribution < 1.29 is 19.1 Å². The van der Waals surface area contributed by atoms with Crippen molar-refractivity contribution in [2.75, 3.05) is 11.9 Å². The van der Waals surface area contributed by atoms with E-state index >= 15 is 0 Å². The highest BCUT2D eigenvalue weighted by molar-refractivity contribution is 6.35. The maximum atomic E-state index is 12.1. The van der Waals surface area contributed by atoms with E-state index in [0.717, 1.165) is 12.8 Å². The van der Waals surface area contributed by atoms with Crippen LogP contribution < -0.4 is 10.6 Å². The molecule has 6 nitrogen and oxygen atoms in total. The molecule has 0 saturated heterocycles. The predicted octanol–water partition coefficient (Wildman–Crippen LogP) is 4.08. The number of carbonyl (C=O) groups excluding carboxylic acids is 3. The summed E-state index contributed by atoms with van der Waals surface area (Å²) in [6, 6.07) is 11.7.